The Morgan fingerprint density at radius 2 is 1.81 bits per heavy atom. The summed E-state index contributed by atoms with van der Waals surface area (Å²) in [6.45, 7) is 2.54. The molecule has 2 fully saturated rings. The van der Waals surface area contributed by atoms with E-state index in [1.165, 1.54) is 29.6 Å². The van der Waals surface area contributed by atoms with E-state index in [9.17, 15) is 4.79 Å². The van der Waals surface area contributed by atoms with Gasteiger partial charge in [0, 0.05) is 35.3 Å². The van der Waals surface area contributed by atoms with E-state index in [1.807, 2.05) is 31.2 Å². The number of benzene rings is 2. The lowest BCUT2D eigenvalue weighted by atomic mass is 9.84. The Labute approximate surface area is 159 Å². The van der Waals surface area contributed by atoms with Gasteiger partial charge < -0.3 is 15.4 Å². The Hall–Kier alpha value is -2.59. The molecule has 4 nitrogen and oxygen atoms in total. The van der Waals surface area contributed by atoms with Crippen molar-refractivity contribution in [3.05, 3.63) is 64.7 Å². The molecule has 0 aromatic heterocycles. The Morgan fingerprint density at radius 1 is 1.07 bits per heavy atom. The summed E-state index contributed by atoms with van der Waals surface area (Å²) in [5.41, 5.74) is 5.76. The zero-order chi connectivity index (χ0) is 18.4. The summed E-state index contributed by atoms with van der Waals surface area (Å²) in [7, 11) is 0. The van der Waals surface area contributed by atoms with E-state index >= 15 is 0 Å². The number of piperidine rings is 1. The van der Waals surface area contributed by atoms with Gasteiger partial charge in [0.2, 0.25) is 0 Å². The van der Waals surface area contributed by atoms with E-state index < -0.39 is 0 Å². The highest BCUT2D eigenvalue weighted by molar-refractivity contribution is 5.97. The maximum atomic E-state index is 12.3. The highest BCUT2D eigenvalue weighted by Gasteiger charge is 2.34. The van der Waals surface area contributed by atoms with Gasteiger partial charge in [-0.2, -0.15) is 0 Å². The van der Waals surface area contributed by atoms with Gasteiger partial charge >= 0.3 is 0 Å². The maximum absolute atomic E-state index is 12.3. The van der Waals surface area contributed by atoms with E-state index in [2.05, 4.69) is 28.8 Å². The maximum Gasteiger partial charge on any atom is 0.251 e. The Bertz CT molecular complexity index is 933. The number of amides is 1. The molecule has 2 saturated heterocycles. The first-order valence-corrected chi connectivity index (χ1v) is 9.91. The molecule has 27 heavy (non-hydrogen) atoms. The fraction of sp³-hybridized carbons (Fsp3) is 0.348. The lowest BCUT2D eigenvalue weighted by Crippen LogP contribution is -2.35. The average molecular weight is 360 g/mol. The zero-order valence-electron chi connectivity index (χ0n) is 15.5. The van der Waals surface area contributed by atoms with Crippen LogP contribution in [0, 0.1) is 0 Å². The SMILES string of the molecule is CCNC(=O)c1ccc2c(c1)Oc1ccccc1C2=C1CC2CCC(C1)N2. The van der Waals surface area contributed by atoms with E-state index in [0.717, 1.165) is 29.9 Å². The molecule has 2 bridgehead atoms. The molecule has 2 aromatic carbocycles. The topological polar surface area (TPSA) is 50.4 Å². The summed E-state index contributed by atoms with van der Waals surface area (Å²) in [6, 6.07) is 15.3. The zero-order valence-corrected chi connectivity index (χ0v) is 15.5. The minimum absolute atomic E-state index is 0.0585. The molecule has 0 saturated carbocycles. The van der Waals surface area contributed by atoms with Crippen LogP contribution in [0.4, 0.5) is 0 Å². The summed E-state index contributed by atoms with van der Waals surface area (Å²) < 4.78 is 6.21. The number of nitrogens with one attached hydrogen (secondary N) is 2. The van der Waals surface area contributed by atoms with Crippen molar-refractivity contribution in [2.24, 2.45) is 0 Å². The van der Waals surface area contributed by atoms with Crippen LogP contribution in [-0.2, 0) is 0 Å². The smallest absolute Gasteiger partial charge is 0.251 e. The molecule has 2 N–H and O–H groups in total. The molecule has 2 unspecified atom stereocenters. The molecule has 3 aliphatic heterocycles. The number of rotatable bonds is 2. The molecule has 1 amide bonds. The molecule has 4 heteroatoms. The highest BCUT2D eigenvalue weighted by atomic mass is 16.5. The average Bonchev–Trinajstić information content (AvgIpc) is 3.03. The second-order valence-corrected chi connectivity index (χ2v) is 7.69. The third kappa shape index (κ3) is 2.85. The first-order chi connectivity index (χ1) is 13.2. The van der Waals surface area contributed by atoms with Gasteiger partial charge in [0.25, 0.3) is 5.91 Å². The van der Waals surface area contributed by atoms with Crippen molar-refractivity contribution in [1.82, 2.24) is 10.6 Å². The minimum Gasteiger partial charge on any atom is -0.456 e. The first-order valence-electron chi connectivity index (χ1n) is 9.91. The summed E-state index contributed by atoms with van der Waals surface area (Å²) >= 11 is 0. The predicted molar refractivity (Wildman–Crippen MR) is 106 cm³/mol. The van der Waals surface area contributed by atoms with Crippen LogP contribution in [0.2, 0.25) is 0 Å². The van der Waals surface area contributed by atoms with Gasteiger partial charge in [-0.1, -0.05) is 23.8 Å². The Kier molecular flexibility index (Phi) is 4.01. The van der Waals surface area contributed by atoms with E-state index in [-0.39, 0.29) is 5.91 Å². The Morgan fingerprint density at radius 3 is 2.59 bits per heavy atom. The molecule has 2 atom stereocenters. The fourth-order valence-electron chi connectivity index (χ4n) is 4.73. The predicted octanol–water partition coefficient (Wildman–Crippen LogP) is 4.26. The monoisotopic (exact) mass is 360 g/mol. The number of ether oxygens (including phenoxy) is 1. The third-order valence-electron chi connectivity index (χ3n) is 5.90. The van der Waals surface area contributed by atoms with Crippen molar-refractivity contribution in [2.45, 2.75) is 44.7 Å². The second kappa shape index (κ2) is 6.54. The van der Waals surface area contributed by atoms with Crippen molar-refractivity contribution in [3.8, 4) is 11.5 Å². The van der Waals surface area contributed by atoms with Gasteiger partial charge in [-0.05, 0) is 62.4 Å². The molecule has 5 rings (SSSR count). The quantitative estimate of drug-likeness (QED) is 0.718. The lowest BCUT2D eigenvalue weighted by Gasteiger charge is -2.30. The van der Waals surface area contributed by atoms with Crippen molar-refractivity contribution in [1.29, 1.82) is 0 Å². The van der Waals surface area contributed by atoms with Gasteiger partial charge in [0.1, 0.15) is 11.5 Å². The Balaban J connectivity index is 1.65. The van der Waals surface area contributed by atoms with Crippen molar-refractivity contribution in [2.75, 3.05) is 6.54 Å². The van der Waals surface area contributed by atoms with Gasteiger partial charge in [0.15, 0.2) is 0 Å². The van der Waals surface area contributed by atoms with Crippen molar-refractivity contribution >= 4 is 11.5 Å². The van der Waals surface area contributed by atoms with Gasteiger partial charge in [-0.25, -0.2) is 0 Å². The van der Waals surface area contributed by atoms with Gasteiger partial charge in [-0.3, -0.25) is 4.79 Å². The third-order valence-corrected chi connectivity index (χ3v) is 5.90. The van der Waals surface area contributed by atoms with Gasteiger partial charge in [0.05, 0.1) is 0 Å². The van der Waals surface area contributed by atoms with Crippen LogP contribution in [0.5, 0.6) is 11.5 Å². The second-order valence-electron chi connectivity index (χ2n) is 7.69. The molecule has 0 radical (unpaired) electrons. The molecule has 3 heterocycles. The number of hydrogen-bond acceptors (Lipinski definition) is 3. The highest BCUT2D eigenvalue weighted by Crippen LogP contribution is 2.48. The molecule has 138 valence electrons. The summed E-state index contributed by atoms with van der Waals surface area (Å²) in [6.07, 6.45) is 4.72. The molecular formula is C23H24N2O2. The summed E-state index contributed by atoms with van der Waals surface area (Å²) in [5.74, 6) is 1.61. The van der Waals surface area contributed by atoms with E-state index in [1.54, 1.807) is 0 Å². The molecule has 3 aliphatic rings. The van der Waals surface area contributed by atoms with E-state index in [0.29, 0.717) is 24.2 Å². The number of carbonyl (C=O) groups is 1. The summed E-state index contributed by atoms with van der Waals surface area (Å²) in [4.78, 5) is 12.3. The first kappa shape index (κ1) is 16.6. The molecular weight excluding hydrogens is 336 g/mol. The number of carbonyl (C=O) groups excluding carboxylic acids is 1. The van der Waals surface area contributed by atoms with Crippen LogP contribution in [0.25, 0.3) is 5.57 Å². The molecule has 2 aromatic rings. The van der Waals surface area contributed by atoms with Crippen LogP contribution in [0.15, 0.2) is 48.0 Å². The van der Waals surface area contributed by atoms with Crippen molar-refractivity contribution in [3.63, 3.8) is 0 Å². The normalized spacial score (nSPS) is 22.7. The number of hydrogen-bond donors (Lipinski definition) is 2. The van der Waals surface area contributed by atoms with Crippen LogP contribution in [-0.4, -0.2) is 24.5 Å². The van der Waals surface area contributed by atoms with Crippen LogP contribution < -0.4 is 15.4 Å². The molecule has 0 spiro atoms. The summed E-state index contributed by atoms with van der Waals surface area (Å²) in [5, 5.41) is 6.59. The van der Waals surface area contributed by atoms with Crippen LogP contribution in [0.3, 0.4) is 0 Å². The largest absolute Gasteiger partial charge is 0.456 e. The van der Waals surface area contributed by atoms with Crippen LogP contribution in [0.1, 0.15) is 54.1 Å². The minimum atomic E-state index is -0.0585. The lowest BCUT2D eigenvalue weighted by molar-refractivity contribution is 0.0955. The standard InChI is InChI=1S/C23H24N2O2/c1-2-24-23(26)14-7-10-19-21(13-14)27-20-6-4-3-5-18(20)22(19)15-11-16-8-9-17(12-15)25-16/h3-7,10,13,16-17,25H,2,8-9,11-12H2,1H3,(H,24,26). The number of para-hydroxylation sites is 1. The van der Waals surface area contributed by atoms with Crippen molar-refractivity contribution < 1.29 is 9.53 Å². The van der Waals surface area contributed by atoms with Crippen LogP contribution >= 0.6 is 0 Å². The molecule has 0 aliphatic carbocycles. The number of fused-ring (bicyclic) bond motifs is 4. The van der Waals surface area contributed by atoms with E-state index in [4.69, 9.17) is 4.74 Å². The van der Waals surface area contributed by atoms with Gasteiger partial charge in [-0.15, -0.1) is 0 Å². The fourth-order valence-corrected chi connectivity index (χ4v) is 4.73.